The van der Waals surface area contributed by atoms with Crippen molar-refractivity contribution in [1.29, 1.82) is 0 Å². The Morgan fingerprint density at radius 2 is 2.00 bits per heavy atom. The largest absolute Gasteiger partial charge is 0.490 e. The van der Waals surface area contributed by atoms with Crippen molar-refractivity contribution in [2.45, 2.75) is 13.1 Å². The van der Waals surface area contributed by atoms with Crippen molar-refractivity contribution in [3.63, 3.8) is 0 Å². The Morgan fingerprint density at radius 3 is 2.50 bits per heavy atom. The minimum Gasteiger partial charge on any atom is -0.475 e. The number of fused-ring (bicyclic) bond motifs is 1. The molecule has 0 atom stereocenters. The van der Waals surface area contributed by atoms with E-state index in [2.05, 4.69) is 10.3 Å². The summed E-state index contributed by atoms with van der Waals surface area (Å²) in [7, 11) is 0. The summed E-state index contributed by atoms with van der Waals surface area (Å²) in [5.41, 5.74) is 6.39. The number of nitrogens with two attached hydrogens (primary N) is 1. The minimum atomic E-state index is -5.08. The molecule has 12 heteroatoms. The molecule has 0 saturated heterocycles. The number of carboxylic acids is 1. The van der Waals surface area contributed by atoms with Gasteiger partial charge < -0.3 is 25.3 Å². The standard InChI is InChI=1S/C12H14N4O3.C2HF3O2/c1-2-19-12(18)9-7-16-5-3-4-8(11(16)15-9)14-10(17)6-13;3-2(4,5)1(6)7/h3-5,7H,2,6,13H2,1H3,(H,14,17);(H,6,7). The normalized spacial score (nSPS) is 10.7. The molecule has 0 aliphatic heterocycles. The van der Waals surface area contributed by atoms with E-state index in [-0.39, 0.29) is 24.8 Å². The lowest BCUT2D eigenvalue weighted by molar-refractivity contribution is -0.192. The van der Waals surface area contributed by atoms with Gasteiger partial charge in [0.2, 0.25) is 5.91 Å². The molecule has 0 fully saturated rings. The van der Waals surface area contributed by atoms with Crippen molar-refractivity contribution >= 4 is 29.2 Å². The van der Waals surface area contributed by atoms with E-state index in [1.165, 1.54) is 0 Å². The van der Waals surface area contributed by atoms with Crippen LogP contribution in [0.15, 0.2) is 24.5 Å². The maximum absolute atomic E-state index is 11.6. The van der Waals surface area contributed by atoms with E-state index < -0.39 is 18.1 Å². The van der Waals surface area contributed by atoms with Gasteiger partial charge in [-0.2, -0.15) is 13.2 Å². The van der Waals surface area contributed by atoms with E-state index in [0.717, 1.165) is 0 Å². The van der Waals surface area contributed by atoms with Gasteiger partial charge in [-0.25, -0.2) is 14.6 Å². The van der Waals surface area contributed by atoms with Crippen LogP contribution in [-0.4, -0.2) is 51.7 Å². The number of amides is 1. The van der Waals surface area contributed by atoms with Gasteiger partial charge in [-0.1, -0.05) is 0 Å². The summed E-state index contributed by atoms with van der Waals surface area (Å²) in [4.78, 5) is 35.9. The molecule has 2 rings (SSSR count). The van der Waals surface area contributed by atoms with Crippen LogP contribution in [0, 0.1) is 0 Å². The van der Waals surface area contributed by atoms with Gasteiger partial charge >= 0.3 is 18.1 Å². The summed E-state index contributed by atoms with van der Waals surface area (Å²) in [6.45, 7) is 1.89. The van der Waals surface area contributed by atoms with Crippen molar-refractivity contribution < 1.29 is 37.4 Å². The number of aromatic nitrogens is 2. The van der Waals surface area contributed by atoms with Crippen molar-refractivity contribution in [1.82, 2.24) is 9.38 Å². The van der Waals surface area contributed by atoms with Crippen LogP contribution in [0.5, 0.6) is 0 Å². The molecule has 2 aromatic heterocycles. The summed E-state index contributed by atoms with van der Waals surface area (Å²) < 4.78 is 38.3. The number of rotatable bonds is 4. The number of halogens is 3. The van der Waals surface area contributed by atoms with E-state index in [1.54, 1.807) is 35.9 Å². The van der Waals surface area contributed by atoms with Gasteiger partial charge in [-0.05, 0) is 19.1 Å². The molecule has 0 bridgehead atoms. The van der Waals surface area contributed by atoms with E-state index >= 15 is 0 Å². The first-order valence-electron chi connectivity index (χ1n) is 7.05. The summed E-state index contributed by atoms with van der Waals surface area (Å²) >= 11 is 0. The van der Waals surface area contributed by atoms with Crippen molar-refractivity contribution in [3.05, 3.63) is 30.2 Å². The average molecular weight is 376 g/mol. The molecule has 0 spiro atoms. The second-order valence-corrected chi connectivity index (χ2v) is 4.55. The molecular weight excluding hydrogens is 361 g/mol. The number of pyridine rings is 1. The number of carboxylic acid groups (broad SMARTS) is 1. The predicted octanol–water partition coefficient (Wildman–Crippen LogP) is 1.04. The fourth-order valence-electron chi connectivity index (χ4n) is 1.62. The fraction of sp³-hybridized carbons (Fsp3) is 0.286. The quantitative estimate of drug-likeness (QED) is 0.678. The number of anilines is 1. The highest BCUT2D eigenvalue weighted by Gasteiger charge is 2.38. The lowest BCUT2D eigenvalue weighted by atomic mass is 10.4. The molecule has 9 nitrogen and oxygen atoms in total. The molecule has 1 amide bonds. The number of imidazole rings is 1. The number of carbonyl (C=O) groups is 3. The lowest BCUT2D eigenvalue weighted by Crippen LogP contribution is -2.22. The average Bonchev–Trinajstić information content (AvgIpc) is 3.00. The third kappa shape index (κ3) is 5.73. The van der Waals surface area contributed by atoms with Crippen LogP contribution in [0.2, 0.25) is 0 Å². The van der Waals surface area contributed by atoms with Gasteiger partial charge in [-0.15, -0.1) is 0 Å². The summed E-state index contributed by atoms with van der Waals surface area (Å²) in [6, 6.07) is 3.42. The molecule has 0 unspecified atom stereocenters. The monoisotopic (exact) mass is 376 g/mol. The summed E-state index contributed by atoms with van der Waals surface area (Å²) in [6.07, 6.45) is -1.81. The lowest BCUT2D eigenvalue weighted by Gasteiger charge is -2.04. The molecule has 2 aromatic rings. The molecule has 26 heavy (non-hydrogen) atoms. The first-order valence-corrected chi connectivity index (χ1v) is 7.05. The highest BCUT2D eigenvalue weighted by molar-refractivity contribution is 5.96. The Morgan fingerprint density at radius 1 is 1.38 bits per heavy atom. The SMILES string of the molecule is CCOC(=O)c1cn2cccc(NC(=O)CN)c2n1.O=C(O)C(F)(F)F. The molecule has 0 saturated carbocycles. The van der Waals surface area contributed by atoms with E-state index in [4.69, 9.17) is 20.4 Å². The van der Waals surface area contributed by atoms with Crippen LogP contribution >= 0.6 is 0 Å². The van der Waals surface area contributed by atoms with Crippen LogP contribution in [0.25, 0.3) is 5.65 Å². The Bertz CT molecular complexity index is 803. The number of nitrogens with zero attached hydrogens (tertiary/aromatic N) is 2. The number of alkyl halides is 3. The number of carbonyl (C=O) groups excluding carboxylic acids is 2. The fourth-order valence-corrected chi connectivity index (χ4v) is 1.62. The molecule has 2 heterocycles. The van der Waals surface area contributed by atoms with Crippen LogP contribution < -0.4 is 11.1 Å². The first kappa shape index (κ1) is 20.9. The van der Waals surface area contributed by atoms with Crippen LogP contribution in [0.3, 0.4) is 0 Å². The Balaban J connectivity index is 0.000000412. The second-order valence-electron chi connectivity index (χ2n) is 4.55. The second kappa shape index (κ2) is 8.80. The molecule has 0 aliphatic rings. The van der Waals surface area contributed by atoms with E-state index in [9.17, 15) is 22.8 Å². The highest BCUT2D eigenvalue weighted by Crippen LogP contribution is 2.16. The number of hydrogen-bond acceptors (Lipinski definition) is 6. The summed E-state index contributed by atoms with van der Waals surface area (Å²) in [5.74, 6) is -3.58. The zero-order valence-corrected chi connectivity index (χ0v) is 13.4. The van der Waals surface area contributed by atoms with Crippen LogP contribution in [0.1, 0.15) is 17.4 Å². The van der Waals surface area contributed by atoms with E-state index in [0.29, 0.717) is 11.3 Å². The van der Waals surface area contributed by atoms with Gasteiger partial charge in [0.15, 0.2) is 11.3 Å². The van der Waals surface area contributed by atoms with Crippen molar-refractivity contribution in [3.8, 4) is 0 Å². The maximum atomic E-state index is 11.6. The number of esters is 1. The minimum absolute atomic E-state index is 0.119. The number of aliphatic carboxylic acids is 1. The number of ether oxygens (including phenoxy) is 1. The Labute approximate surface area is 144 Å². The van der Waals surface area contributed by atoms with Gasteiger partial charge in [-0.3, -0.25) is 4.79 Å². The van der Waals surface area contributed by atoms with Gasteiger partial charge in [0.1, 0.15) is 0 Å². The number of nitrogens with one attached hydrogen (secondary N) is 1. The molecule has 0 aliphatic carbocycles. The molecular formula is C14H15F3N4O5. The number of hydrogen-bond donors (Lipinski definition) is 3. The van der Waals surface area contributed by atoms with Gasteiger partial charge in [0.05, 0.1) is 18.8 Å². The highest BCUT2D eigenvalue weighted by atomic mass is 19.4. The van der Waals surface area contributed by atoms with Crippen molar-refractivity contribution in [2.75, 3.05) is 18.5 Å². The molecule has 142 valence electrons. The topological polar surface area (TPSA) is 136 Å². The predicted molar refractivity (Wildman–Crippen MR) is 82.5 cm³/mol. The van der Waals surface area contributed by atoms with Gasteiger partial charge in [0.25, 0.3) is 0 Å². The first-order chi connectivity index (χ1) is 12.1. The molecule has 0 aromatic carbocycles. The third-order valence-corrected chi connectivity index (χ3v) is 2.67. The zero-order chi connectivity index (χ0) is 19.9. The molecule has 0 radical (unpaired) electrons. The van der Waals surface area contributed by atoms with Gasteiger partial charge in [0, 0.05) is 12.4 Å². The third-order valence-electron chi connectivity index (χ3n) is 2.67. The van der Waals surface area contributed by atoms with E-state index in [1.807, 2.05) is 0 Å². The maximum Gasteiger partial charge on any atom is 0.490 e. The smallest absolute Gasteiger partial charge is 0.475 e. The molecule has 4 N–H and O–H groups in total. The Kier molecular flexibility index (Phi) is 7.07. The summed E-state index contributed by atoms with van der Waals surface area (Å²) in [5, 5.41) is 9.74. The zero-order valence-electron chi connectivity index (χ0n) is 13.4. The van der Waals surface area contributed by atoms with Crippen LogP contribution in [-0.2, 0) is 14.3 Å². The Hall–Kier alpha value is -3.15. The van der Waals surface area contributed by atoms with Crippen molar-refractivity contribution in [2.24, 2.45) is 5.73 Å². The van der Waals surface area contributed by atoms with Crippen LogP contribution in [0.4, 0.5) is 18.9 Å².